The number of nitrogens with one attached hydrogen (secondary N) is 2. The van der Waals surface area contributed by atoms with Gasteiger partial charge in [0.05, 0.1) is 11.7 Å². The minimum atomic E-state index is -1.08. The fraction of sp³-hybridized carbons (Fsp3) is 0.133. The maximum absolute atomic E-state index is 11.2. The lowest BCUT2D eigenvalue weighted by Gasteiger charge is -2.05. The number of pyridine rings is 1. The normalized spacial score (nSPS) is 10.8. The van der Waals surface area contributed by atoms with Gasteiger partial charge in [-0.3, -0.25) is 4.79 Å². The summed E-state index contributed by atoms with van der Waals surface area (Å²) in [7, 11) is 1.54. The van der Waals surface area contributed by atoms with Crippen LogP contribution in [0.1, 0.15) is 10.5 Å². The number of aromatic amines is 1. The van der Waals surface area contributed by atoms with Gasteiger partial charge in [-0.15, -0.1) is 0 Å². The Morgan fingerprint density at radius 2 is 2.05 bits per heavy atom. The van der Waals surface area contributed by atoms with Crippen LogP contribution < -0.4 is 10.1 Å². The molecule has 3 aromatic rings. The molecule has 0 saturated carbocycles. The number of hydrogen-bond acceptors (Lipinski definition) is 4. The van der Waals surface area contributed by atoms with Gasteiger partial charge >= 0.3 is 5.97 Å². The fourth-order valence-corrected chi connectivity index (χ4v) is 2.21. The molecule has 1 amide bonds. The van der Waals surface area contributed by atoms with E-state index < -0.39 is 5.97 Å². The summed E-state index contributed by atoms with van der Waals surface area (Å²) in [6.45, 7) is -0.0771. The van der Waals surface area contributed by atoms with E-state index >= 15 is 0 Å². The molecule has 3 rings (SSSR count). The molecule has 7 heteroatoms. The lowest BCUT2D eigenvalue weighted by Crippen LogP contribution is -2.24. The summed E-state index contributed by atoms with van der Waals surface area (Å²) < 4.78 is 5.40. The van der Waals surface area contributed by atoms with E-state index in [1.54, 1.807) is 12.1 Å². The summed E-state index contributed by atoms with van der Waals surface area (Å²) >= 11 is 0. The van der Waals surface area contributed by atoms with Crippen molar-refractivity contribution in [3.63, 3.8) is 0 Å². The first-order valence-electron chi connectivity index (χ1n) is 6.56. The second kappa shape index (κ2) is 5.36. The minimum absolute atomic E-state index is 0.0231. The van der Waals surface area contributed by atoms with Gasteiger partial charge in [-0.2, -0.15) is 0 Å². The lowest BCUT2D eigenvalue weighted by atomic mass is 10.1. The summed E-state index contributed by atoms with van der Waals surface area (Å²) in [6, 6.07) is 6.84. The zero-order chi connectivity index (χ0) is 15.7. The molecule has 7 nitrogen and oxygen atoms in total. The number of ether oxygens (including phenoxy) is 1. The molecule has 0 radical (unpaired) electrons. The largest absolute Gasteiger partial charge is 0.484 e. The number of carboxylic acids is 1. The first-order valence-corrected chi connectivity index (χ1v) is 6.56. The molecule has 2 aromatic heterocycles. The number of carboxylic acid groups (broad SMARTS) is 1. The van der Waals surface area contributed by atoms with Crippen LogP contribution in [0.4, 0.5) is 0 Å². The predicted octanol–water partition coefficient (Wildman–Crippen LogP) is 1.54. The zero-order valence-electron chi connectivity index (χ0n) is 11.7. The van der Waals surface area contributed by atoms with Crippen molar-refractivity contribution >= 4 is 33.7 Å². The first-order chi connectivity index (χ1) is 10.6. The van der Waals surface area contributed by atoms with Gasteiger partial charge in [-0.1, -0.05) is 0 Å². The minimum Gasteiger partial charge on any atom is -0.484 e. The van der Waals surface area contributed by atoms with Gasteiger partial charge in [0.1, 0.15) is 11.4 Å². The number of aromatic carboxylic acids is 1. The number of nitrogens with zero attached hydrogens (tertiary/aromatic N) is 1. The number of fused-ring (bicyclic) bond motifs is 3. The molecule has 0 fully saturated rings. The molecule has 0 aliphatic rings. The topological polar surface area (TPSA) is 104 Å². The van der Waals surface area contributed by atoms with Crippen LogP contribution in [-0.2, 0) is 4.79 Å². The highest BCUT2D eigenvalue weighted by Crippen LogP contribution is 2.28. The Balaban J connectivity index is 2.05. The van der Waals surface area contributed by atoms with Crippen molar-refractivity contribution in [2.45, 2.75) is 0 Å². The van der Waals surface area contributed by atoms with E-state index in [-0.39, 0.29) is 18.2 Å². The van der Waals surface area contributed by atoms with Crippen LogP contribution in [0, 0.1) is 0 Å². The Kier molecular flexibility index (Phi) is 3.38. The van der Waals surface area contributed by atoms with E-state index in [0.717, 1.165) is 21.8 Å². The molecule has 112 valence electrons. The number of aromatic nitrogens is 2. The van der Waals surface area contributed by atoms with Gasteiger partial charge < -0.3 is 20.1 Å². The quantitative estimate of drug-likeness (QED) is 0.678. The SMILES string of the molecule is CNC(=O)COc1ccc2[nH]c3cnc(C(=O)O)cc3c2c1. The molecule has 1 aromatic carbocycles. The van der Waals surface area contributed by atoms with Crippen LogP contribution in [0.3, 0.4) is 0 Å². The molecule has 0 atom stereocenters. The Hall–Kier alpha value is -3.09. The molecule has 3 N–H and O–H groups in total. The molecule has 22 heavy (non-hydrogen) atoms. The summed E-state index contributed by atoms with van der Waals surface area (Å²) in [6.07, 6.45) is 1.49. The average molecular weight is 299 g/mol. The monoisotopic (exact) mass is 299 g/mol. The highest BCUT2D eigenvalue weighted by Gasteiger charge is 2.11. The summed E-state index contributed by atoms with van der Waals surface area (Å²) in [5, 5.41) is 13.1. The molecule has 0 unspecified atom stereocenters. The van der Waals surface area contributed by atoms with Crippen LogP contribution in [0.25, 0.3) is 21.8 Å². The van der Waals surface area contributed by atoms with Gasteiger partial charge in [0, 0.05) is 23.3 Å². The summed E-state index contributed by atoms with van der Waals surface area (Å²) in [5.74, 6) is -0.773. The number of H-pyrrole nitrogens is 1. The molecule has 2 heterocycles. The number of carbonyl (C=O) groups is 2. The van der Waals surface area contributed by atoms with E-state index in [2.05, 4.69) is 15.3 Å². The predicted molar refractivity (Wildman–Crippen MR) is 80.1 cm³/mol. The third-order valence-electron chi connectivity index (χ3n) is 3.32. The second-order valence-corrected chi connectivity index (χ2v) is 4.71. The van der Waals surface area contributed by atoms with Crippen molar-refractivity contribution in [2.75, 3.05) is 13.7 Å². The van der Waals surface area contributed by atoms with E-state index in [9.17, 15) is 9.59 Å². The average Bonchev–Trinajstić information content (AvgIpc) is 2.89. The van der Waals surface area contributed by atoms with Crippen molar-refractivity contribution in [1.29, 1.82) is 0 Å². The Morgan fingerprint density at radius 1 is 1.27 bits per heavy atom. The van der Waals surface area contributed by atoms with Crippen LogP contribution in [-0.4, -0.2) is 40.6 Å². The number of amides is 1. The maximum Gasteiger partial charge on any atom is 0.354 e. The third-order valence-corrected chi connectivity index (χ3v) is 3.32. The van der Waals surface area contributed by atoms with Crippen molar-refractivity contribution in [3.05, 3.63) is 36.2 Å². The molecule has 0 aliphatic carbocycles. The number of hydrogen-bond donors (Lipinski definition) is 3. The smallest absolute Gasteiger partial charge is 0.354 e. The highest BCUT2D eigenvalue weighted by atomic mass is 16.5. The second-order valence-electron chi connectivity index (χ2n) is 4.71. The fourth-order valence-electron chi connectivity index (χ4n) is 2.21. The van der Waals surface area contributed by atoms with Crippen molar-refractivity contribution in [3.8, 4) is 5.75 Å². The zero-order valence-corrected chi connectivity index (χ0v) is 11.7. The number of rotatable bonds is 4. The molecule has 0 saturated heterocycles. The van der Waals surface area contributed by atoms with Crippen LogP contribution >= 0.6 is 0 Å². The third kappa shape index (κ3) is 2.44. The number of likely N-dealkylation sites (N-methyl/N-ethyl adjacent to an activating group) is 1. The van der Waals surface area contributed by atoms with Crippen molar-refractivity contribution in [2.24, 2.45) is 0 Å². The Bertz CT molecular complexity index is 885. The maximum atomic E-state index is 11.2. The van der Waals surface area contributed by atoms with Gasteiger partial charge in [0.2, 0.25) is 0 Å². The molecular formula is C15H13N3O4. The van der Waals surface area contributed by atoms with Gasteiger partial charge in [0.25, 0.3) is 5.91 Å². The molecular weight excluding hydrogens is 286 g/mol. The van der Waals surface area contributed by atoms with E-state index in [0.29, 0.717) is 5.75 Å². The number of benzene rings is 1. The Morgan fingerprint density at radius 3 is 2.77 bits per heavy atom. The molecule has 0 spiro atoms. The van der Waals surface area contributed by atoms with Crippen molar-refractivity contribution in [1.82, 2.24) is 15.3 Å². The highest BCUT2D eigenvalue weighted by molar-refractivity contribution is 6.09. The van der Waals surface area contributed by atoms with Crippen LogP contribution in [0.2, 0.25) is 0 Å². The summed E-state index contributed by atoms with van der Waals surface area (Å²) in [4.78, 5) is 29.3. The molecule has 0 aliphatic heterocycles. The van der Waals surface area contributed by atoms with E-state index in [4.69, 9.17) is 9.84 Å². The standard InChI is InChI=1S/C15H13N3O4/c1-16-14(19)7-22-8-2-3-11-9(4-8)10-5-12(15(20)21)17-6-13(10)18-11/h2-6,18H,7H2,1H3,(H,16,19)(H,20,21). The van der Waals surface area contributed by atoms with Crippen molar-refractivity contribution < 1.29 is 19.4 Å². The Labute approximate surface area is 124 Å². The van der Waals surface area contributed by atoms with Gasteiger partial charge in [-0.25, -0.2) is 9.78 Å². The summed E-state index contributed by atoms with van der Waals surface area (Å²) in [5.41, 5.74) is 1.56. The van der Waals surface area contributed by atoms with Crippen LogP contribution in [0.5, 0.6) is 5.75 Å². The van der Waals surface area contributed by atoms with Gasteiger partial charge in [0.15, 0.2) is 6.61 Å². The number of carbonyl (C=O) groups excluding carboxylic acids is 1. The lowest BCUT2D eigenvalue weighted by molar-refractivity contribution is -0.122. The first kappa shape index (κ1) is 13.9. The van der Waals surface area contributed by atoms with Gasteiger partial charge in [-0.05, 0) is 24.3 Å². The molecule has 0 bridgehead atoms. The van der Waals surface area contributed by atoms with E-state index in [1.165, 1.54) is 19.3 Å². The van der Waals surface area contributed by atoms with Crippen LogP contribution in [0.15, 0.2) is 30.5 Å². The van der Waals surface area contributed by atoms with E-state index in [1.807, 2.05) is 6.07 Å².